The summed E-state index contributed by atoms with van der Waals surface area (Å²) in [7, 11) is -0.0972. The SMILES string of the molecule is C=C[Si]1(C)OCc2cc(OCC[Si](OC)(OC)OC)ccc2O1. The van der Waals surface area contributed by atoms with E-state index in [0.717, 1.165) is 17.1 Å². The summed E-state index contributed by atoms with van der Waals surface area (Å²) < 4.78 is 33.6. The Bertz CT molecular complexity index is 541. The van der Waals surface area contributed by atoms with Gasteiger partial charge in [-0.25, -0.2) is 0 Å². The summed E-state index contributed by atoms with van der Waals surface area (Å²) in [5, 5.41) is 0. The minimum atomic E-state index is -2.60. The summed E-state index contributed by atoms with van der Waals surface area (Å²) >= 11 is 0. The molecule has 128 valence electrons. The van der Waals surface area contributed by atoms with Crippen molar-refractivity contribution >= 4 is 17.4 Å². The van der Waals surface area contributed by atoms with E-state index in [-0.39, 0.29) is 0 Å². The highest BCUT2D eigenvalue weighted by Crippen LogP contribution is 2.32. The molecular weight excluding hydrogens is 332 g/mol. The monoisotopic (exact) mass is 356 g/mol. The second-order valence-corrected chi connectivity index (χ2v) is 11.3. The molecule has 6 nitrogen and oxygen atoms in total. The van der Waals surface area contributed by atoms with Gasteiger partial charge in [-0.1, -0.05) is 0 Å². The summed E-state index contributed by atoms with van der Waals surface area (Å²) in [6, 6.07) is 6.30. The molecule has 0 aromatic heterocycles. The van der Waals surface area contributed by atoms with Crippen LogP contribution in [0.2, 0.25) is 12.6 Å². The van der Waals surface area contributed by atoms with E-state index in [2.05, 4.69) is 6.58 Å². The van der Waals surface area contributed by atoms with E-state index in [1.165, 1.54) is 0 Å². The highest BCUT2D eigenvalue weighted by atomic mass is 28.4. The van der Waals surface area contributed by atoms with E-state index in [4.69, 9.17) is 26.9 Å². The van der Waals surface area contributed by atoms with Gasteiger partial charge >= 0.3 is 17.4 Å². The summed E-state index contributed by atoms with van der Waals surface area (Å²) in [6.45, 7) is 6.71. The van der Waals surface area contributed by atoms with Crippen LogP contribution in [0.25, 0.3) is 0 Å². The zero-order valence-electron chi connectivity index (χ0n) is 14.1. The second kappa shape index (κ2) is 7.60. The summed E-state index contributed by atoms with van der Waals surface area (Å²) in [6.07, 6.45) is 0. The van der Waals surface area contributed by atoms with E-state index >= 15 is 0 Å². The van der Waals surface area contributed by atoms with Gasteiger partial charge in [0.25, 0.3) is 0 Å². The van der Waals surface area contributed by atoms with Gasteiger partial charge in [-0.05, 0) is 30.4 Å². The molecule has 1 aliphatic heterocycles. The average molecular weight is 357 g/mol. The molecule has 0 radical (unpaired) electrons. The van der Waals surface area contributed by atoms with E-state index in [1.807, 2.05) is 24.7 Å². The van der Waals surface area contributed by atoms with Crippen molar-refractivity contribution in [2.45, 2.75) is 19.2 Å². The molecule has 23 heavy (non-hydrogen) atoms. The van der Waals surface area contributed by atoms with Crippen LogP contribution < -0.4 is 9.16 Å². The molecule has 1 aromatic rings. The van der Waals surface area contributed by atoms with Crippen molar-refractivity contribution in [2.75, 3.05) is 27.9 Å². The summed E-state index contributed by atoms with van der Waals surface area (Å²) in [5.41, 5.74) is 2.76. The number of rotatable bonds is 8. The first-order valence-corrected chi connectivity index (χ1v) is 11.7. The average Bonchev–Trinajstić information content (AvgIpc) is 2.59. The number of hydrogen-bond donors (Lipinski definition) is 0. The minimum absolute atomic E-state index is 0.446. The largest absolute Gasteiger partial charge is 0.517 e. The van der Waals surface area contributed by atoms with Gasteiger partial charge in [0.05, 0.1) is 19.3 Å². The van der Waals surface area contributed by atoms with Crippen LogP contribution in [0.15, 0.2) is 30.5 Å². The van der Waals surface area contributed by atoms with Crippen LogP contribution >= 0.6 is 0 Å². The van der Waals surface area contributed by atoms with Gasteiger partial charge in [-0.3, -0.25) is 0 Å². The first-order valence-electron chi connectivity index (χ1n) is 7.37. The van der Waals surface area contributed by atoms with Crippen LogP contribution in [0.4, 0.5) is 0 Å². The molecule has 0 saturated carbocycles. The lowest BCUT2D eigenvalue weighted by atomic mass is 10.2. The van der Waals surface area contributed by atoms with Gasteiger partial charge in [0.15, 0.2) is 0 Å². The van der Waals surface area contributed by atoms with E-state index in [0.29, 0.717) is 19.3 Å². The molecule has 1 atom stereocenters. The first-order chi connectivity index (χ1) is 11.0. The van der Waals surface area contributed by atoms with Gasteiger partial charge in [0, 0.05) is 26.9 Å². The van der Waals surface area contributed by atoms with Gasteiger partial charge < -0.3 is 26.9 Å². The van der Waals surface area contributed by atoms with Gasteiger partial charge in [-0.15, -0.1) is 6.58 Å². The fraction of sp³-hybridized carbons (Fsp3) is 0.467. The summed E-state index contributed by atoms with van der Waals surface area (Å²) in [4.78, 5) is 0. The van der Waals surface area contributed by atoms with Gasteiger partial charge in [-0.2, -0.15) is 0 Å². The van der Waals surface area contributed by atoms with Crippen molar-refractivity contribution < 1.29 is 26.9 Å². The number of ether oxygens (including phenoxy) is 1. The third-order valence-corrected chi connectivity index (χ3v) is 8.61. The number of hydrogen-bond acceptors (Lipinski definition) is 6. The molecule has 1 unspecified atom stereocenters. The Balaban J connectivity index is 1.97. The van der Waals surface area contributed by atoms with Crippen LogP contribution in [-0.4, -0.2) is 45.3 Å². The van der Waals surface area contributed by atoms with Crippen LogP contribution in [0.5, 0.6) is 11.5 Å². The maximum absolute atomic E-state index is 5.92. The highest BCUT2D eigenvalue weighted by molar-refractivity contribution is 6.72. The van der Waals surface area contributed by atoms with Crippen LogP contribution in [0.1, 0.15) is 5.56 Å². The lowest BCUT2D eigenvalue weighted by Crippen LogP contribution is -2.44. The van der Waals surface area contributed by atoms with Crippen molar-refractivity contribution in [1.82, 2.24) is 0 Å². The predicted octanol–water partition coefficient (Wildman–Crippen LogP) is 2.65. The molecule has 0 amide bonds. The molecule has 1 aromatic carbocycles. The standard InChI is InChI=1S/C15H24O6Si2/c1-6-22(5)20-12-13-11-14(7-8-15(13)21-22)19-9-10-23(16-2,17-3)18-4/h6-8,11H,1,9-10,12H2,2-5H3. The minimum Gasteiger partial charge on any atom is -0.517 e. The molecule has 1 heterocycles. The van der Waals surface area contributed by atoms with Crippen molar-refractivity contribution in [3.63, 3.8) is 0 Å². The Morgan fingerprint density at radius 2 is 1.96 bits per heavy atom. The molecular formula is C15H24O6Si2. The number of fused-ring (bicyclic) bond motifs is 1. The molecule has 0 bridgehead atoms. The van der Waals surface area contributed by atoms with Gasteiger partial charge in [0.1, 0.15) is 11.5 Å². The predicted molar refractivity (Wildman–Crippen MR) is 90.8 cm³/mol. The first kappa shape index (κ1) is 18.2. The Hall–Kier alpha value is -1.17. The quantitative estimate of drug-likeness (QED) is 0.668. The van der Waals surface area contributed by atoms with Crippen molar-refractivity contribution in [3.05, 3.63) is 36.0 Å². The molecule has 8 heteroatoms. The topological polar surface area (TPSA) is 55.4 Å². The van der Waals surface area contributed by atoms with Crippen LogP contribution in [0, 0.1) is 0 Å². The van der Waals surface area contributed by atoms with Crippen LogP contribution in [-0.2, 0) is 24.3 Å². The third kappa shape index (κ3) is 4.22. The molecule has 0 saturated heterocycles. The van der Waals surface area contributed by atoms with Crippen molar-refractivity contribution in [3.8, 4) is 11.5 Å². The fourth-order valence-corrected chi connectivity index (χ4v) is 5.08. The lowest BCUT2D eigenvalue weighted by Gasteiger charge is -2.31. The zero-order chi connectivity index (χ0) is 16.9. The van der Waals surface area contributed by atoms with Crippen LogP contribution in [0.3, 0.4) is 0 Å². The fourth-order valence-electron chi connectivity index (χ4n) is 2.28. The van der Waals surface area contributed by atoms with E-state index < -0.39 is 17.4 Å². The highest BCUT2D eigenvalue weighted by Gasteiger charge is 2.38. The Morgan fingerprint density at radius 3 is 2.57 bits per heavy atom. The summed E-state index contributed by atoms with van der Waals surface area (Å²) in [5.74, 6) is 1.60. The maximum atomic E-state index is 5.92. The Labute approximate surface area is 139 Å². The Kier molecular flexibility index (Phi) is 6.01. The van der Waals surface area contributed by atoms with Crippen molar-refractivity contribution in [1.29, 1.82) is 0 Å². The molecule has 0 fully saturated rings. The maximum Gasteiger partial charge on any atom is 0.503 e. The molecule has 2 rings (SSSR count). The zero-order valence-corrected chi connectivity index (χ0v) is 16.1. The number of benzene rings is 1. The van der Waals surface area contributed by atoms with E-state index in [1.54, 1.807) is 27.0 Å². The normalized spacial score (nSPS) is 20.5. The third-order valence-electron chi connectivity index (χ3n) is 3.84. The molecule has 1 aliphatic rings. The Morgan fingerprint density at radius 1 is 1.26 bits per heavy atom. The smallest absolute Gasteiger partial charge is 0.503 e. The molecule has 0 spiro atoms. The van der Waals surface area contributed by atoms with Crippen molar-refractivity contribution in [2.24, 2.45) is 0 Å². The second-order valence-electron chi connectivity index (χ2n) is 5.27. The molecule has 0 N–H and O–H groups in total. The molecule has 0 aliphatic carbocycles. The van der Waals surface area contributed by atoms with E-state index in [9.17, 15) is 0 Å². The lowest BCUT2D eigenvalue weighted by molar-refractivity contribution is 0.117. The van der Waals surface area contributed by atoms with Gasteiger partial charge in [0.2, 0.25) is 0 Å².